The van der Waals surface area contributed by atoms with Gasteiger partial charge in [-0.2, -0.15) is 0 Å². The predicted molar refractivity (Wildman–Crippen MR) is 106 cm³/mol. The minimum atomic E-state index is -0.0442. The standard InChI is InChI=1S/C21H21N5O2/c27-20-17-8-4-5-9-18(17)26-19(15-24-10-12-28-13-11-24)22-23-21(26)25(20)14-16-6-2-1-3-7-16/h1-9H,10-15H2. The molecule has 7 heteroatoms. The van der Waals surface area contributed by atoms with Gasteiger partial charge in [0.25, 0.3) is 5.56 Å². The second-order valence-electron chi connectivity index (χ2n) is 7.03. The summed E-state index contributed by atoms with van der Waals surface area (Å²) in [5.41, 5.74) is 1.86. The Kier molecular flexibility index (Phi) is 4.38. The van der Waals surface area contributed by atoms with Crippen molar-refractivity contribution in [3.63, 3.8) is 0 Å². The second kappa shape index (κ2) is 7.18. The van der Waals surface area contributed by atoms with Crippen LogP contribution in [0.4, 0.5) is 0 Å². The van der Waals surface area contributed by atoms with Gasteiger partial charge in [-0.25, -0.2) is 0 Å². The Hall–Kier alpha value is -3.03. The molecule has 28 heavy (non-hydrogen) atoms. The minimum absolute atomic E-state index is 0.0442. The highest BCUT2D eigenvalue weighted by molar-refractivity contribution is 5.80. The van der Waals surface area contributed by atoms with Gasteiger partial charge in [-0.05, 0) is 17.7 Å². The van der Waals surface area contributed by atoms with Crippen LogP contribution in [0.2, 0.25) is 0 Å². The summed E-state index contributed by atoms with van der Waals surface area (Å²) >= 11 is 0. The molecule has 0 aliphatic carbocycles. The van der Waals surface area contributed by atoms with Gasteiger partial charge >= 0.3 is 0 Å². The first kappa shape index (κ1) is 17.1. The van der Waals surface area contributed by atoms with Crippen LogP contribution in [-0.2, 0) is 17.8 Å². The van der Waals surface area contributed by atoms with Gasteiger partial charge in [-0.15, -0.1) is 10.2 Å². The number of para-hydroxylation sites is 1. The Morgan fingerprint density at radius 3 is 2.46 bits per heavy atom. The summed E-state index contributed by atoms with van der Waals surface area (Å²) in [6, 6.07) is 17.6. The van der Waals surface area contributed by atoms with E-state index in [1.807, 2.05) is 59.0 Å². The van der Waals surface area contributed by atoms with Gasteiger partial charge in [0.2, 0.25) is 5.78 Å². The third-order valence-corrected chi connectivity index (χ3v) is 5.23. The summed E-state index contributed by atoms with van der Waals surface area (Å²) < 4.78 is 9.19. The van der Waals surface area contributed by atoms with Crippen molar-refractivity contribution in [3.05, 3.63) is 76.3 Å². The quantitative estimate of drug-likeness (QED) is 0.545. The van der Waals surface area contributed by atoms with Crippen molar-refractivity contribution in [2.24, 2.45) is 0 Å². The molecule has 1 aliphatic heterocycles. The molecule has 2 aromatic heterocycles. The number of fused-ring (bicyclic) bond motifs is 3. The fraction of sp³-hybridized carbons (Fsp3) is 0.286. The van der Waals surface area contributed by atoms with Gasteiger partial charge in [-0.1, -0.05) is 42.5 Å². The van der Waals surface area contributed by atoms with Crippen LogP contribution in [0.15, 0.2) is 59.4 Å². The number of aromatic nitrogens is 4. The summed E-state index contributed by atoms with van der Waals surface area (Å²) in [4.78, 5) is 15.5. The van der Waals surface area contributed by atoms with E-state index in [2.05, 4.69) is 15.1 Å². The van der Waals surface area contributed by atoms with E-state index in [1.165, 1.54) is 0 Å². The Bertz CT molecular complexity index is 1180. The van der Waals surface area contributed by atoms with Crippen LogP contribution in [-0.4, -0.2) is 50.4 Å². The van der Waals surface area contributed by atoms with Crippen molar-refractivity contribution >= 4 is 16.7 Å². The van der Waals surface area contributed by atoms with Crippen LogP contribution in [0.1, 0.15) is 11.4 Å². The molecule has 2 aromatic carbocycles. The molecule has 5 rings (SSSR count). The molecule has 4 aromatic rings. The number of hydrogen-bond acceptors (Lipinski definition) is 5. The molecule has 0 atom stereocenters. The average Bonchev–Trinajstić information content (AvgIpc) is 3.16. The monoisotopic (exact) mass is 375 g/mol. The summed E-state index contributed by atoms with van der Waals surface area (Å²) in [6.45, 7) is 4.35. The first-order chi connectivity index (χ1) is 13.8. The molecule has 142 valence electrons. The first-order valence-electron chi connectivity index (χ1n) is 9.51. The van der Waals surface area contributed by atoms with E-state index in [4.69, 9.17) is 4.74 Å². The molecular weight excluding hydrogens is 354 g/mol. The number of rotatable bonds is 4. The van der Waals surface area contributed by atoms with E-state index in [9.17, 15) is 4.79 Å². The van der Waals surface area contributed by atoms with Crippen LogP contribution < -0.4 is 5.56 Å². The second-order valence-corrected chi connectivity index (χ2v) is 7.03. The van der Waals surface area contributed by atoms with E-state index >= 15 is 0 Å². The zero-order valence-electron chi connectivity index (χ0n) is 15.5. The Morgan fingerprint density at radius 2 is 1.64 bits per heavy atom. The topological polar surface area (TPSA) is 64.7 Å². The lowest BCUT2D eigenvalue weighted by Crippen LogP contribution is -2.36. The molecule has 1 fully saturated rings. The van der Waals surface area contributed by atoms with Crippen molar-refractivity contribution < 1.29 is 4.74 Å². The van der Waals surface area contributed by atoms with Gasteiger partial charge in [0.15, 0.2) is 5.82 Å². The highest BCUT2D eigenvalue weighted by Gasteiger charge is 2.19. The number of ether oxygens (including phenoxy) is 1. The van der Waals surface area contributed by atoms with Crippen LogP contribution in [0.5, 0.6) is 0 Å². The lowest BCUT2D eigenvalue weighted by molar-refractivity contribution is 0.0329. The molecule has 0 spiro atoms. The molecule has 0 bridgehead atoms. The average molecular weight is 375 g/mol. The van der Waals surface area contributed by atoms with Crippen molar-refractivity contribution in [2.75, 3.05) is 26.3 Å². The van der Waals surface area contributed by atoms with Gasteiger partial charge in [0.05, 0.1) is 37.2 Å². The Morgan fingerprint density at radius 1 is 0.893 bits per heavy atom. The van der Waals surface area contributed by atoms with Crippen molar-refractivity contribution in [3.8, 4) is 0 Å². The molecule has 0 N–H and O–H groups in total. The first-order valence-corrected chi connectivity index (χ1v) is 9.51. The molecule has 7 nitrogen and oxygen atoms in total. The maximum absolute atomic E-state index is 13.2. The number of benzene rings is 2. The largest absolute Gasteiger partial charge is 0.379 e. The molecule has 0 unspecified atom stereocenters. The summed E-state index contributed by atoms with van der Waals surface area (Å²) in [7, 11) is 0. The van der Waals surface area contributed by atoms with Crippen LogP contribution >= 0.6 is 0 Å². The van der Waals surface area contributed by atoms with Gasteiger partial charge in [-0.3, -0.25) is 18.7 Å². The molecular formula is C21H21N5O2. The van der Waals surface area contributed by atoms with Crippen molar-refractivity contribution in [1.82, 2.24) is 24.1 Å². The number of hydrogen-bond donors (Lipinski definition) is 0. The van der Waals surface area contributed by atoms with E-state index < -0.39 is 0 Å². The summed E-state index contributed by atoms with van der Waals surface area (Å²) in [5, 5.41) is 9.54. The Labute approximate surface area is 161 Å². The van der Waals surface area contributed by atoms with Crippen molar-refractivity contribution in [1.29, 1.82) is 0 Å². The highest BCUT2D eigenvalue weighted by atomic mass is 16.5. The third-order valence-electron chi connectivity index (χ3n) is 5.23. The highest BCUT2D eigenvalue weighted by Crippen LogP contribution is 2.17. The van der Waals surface area contributed by atoms with Crippen LogP contribution in [0.3, 0.4) is 0 Å². The molecule has 1 saturated heterocycles. The molecule has 0 radical (unpaired) electrons. The maximum atomic E-state index is 13.2. The predicted octanol–water partition coefficient (Wildman–Crippen LogP) is 1.92. The SMILES string of the molecule is O=c1c2ccccc2n2c(CN3CCOCC3)nnc2n1Cc1ccccc1. The lowest BCUT2D eigenvalue weighted by Gasteiger charge is -2.25. The summed E-state index contributed by atoms with van der Waals surface area (Å²) in [6.07, 6.45) is 0. The maximum Gasteiger partial charge on any atom is 0.263 e. The Balaban J connectivity index is 1.68. The summed E-state index contributed by atoms with van der Waals surface area (Å²) in [5.74, 6) is 1.42. The van der Waals surface area contributed by atoms with Crippen LogP contribution in [0.25, 0.3) is 16.7 Å². The molecule has 1 aliphatic rings. The van der Waals surface area contributed by atoms with Crippen LogP contribution in [0, 0.1) is 0 Å². The third kappa shape index (κ3) is 2.98. The van der Waals surface area contributed by atoms with E-state index in [1.54, 1.807) is 4.57 Å². The molecule has 0 saturated carbocycles. The normalized spacial score (nSPS) is 15.4. The van der Waals surface area contributed by atoms with E-state index in [0.29, 0.717) is 24.3 Å². The van der Waals surface area contributed by atoms with Gasteiger partial charge in [0.1, 0.15) is 0 Å². The molecule has 3 heterocycles. The fourth-order valence-corrected chi connectivity index (χ4v) is 3.78. The van der Waals surface area contributed by atoms with E-state index in [-0.39, 0.29) is 5.56 Å². The van der Waals surface area contributed by atoms with Gasteiger partial charge < -0.3 is 4.74 Å². The number of morpholine rings is 1. The molecule has 0 amide bonds. The number of nitrogens with zero attached hydrogens (tertiary/aromatic N) is 5. The fourth-order valence-electron chi connectivity index (χ4n) is 3.78. The smallest absolute Gasteiger partial charge is 0.263 e. The lowest BCUT2D eigenvalue weighted by atomic mass is 10.2. The van der Waals surface area contributed by atoms with Gasteiger partial charge in [0, 0.05) is 13.1 Å². The zero-order chi connectivity index (χ0) is 18.9. The van der Waals surface area contributed by atoms with Crippen molar-refractivity contribution in [2.45, 2.75) is 13.1 Å². The minimum Gasteiger partial charge on any atom is -0.379 e. The zero-order valence-corrected chi connectivity index (χ0v) is 15.5. The van der Waals surface area contributed by atoms with E-state index in [0.717, 1.165) is 43.2 Å².